The van der Waals surface area contributed by atoms with Crippen molar-refractivity contribution >= 4 is 5.69 Å². The second-order valence-corrected chi connectivity index (χ2v) is 7.26. The highest BCUT2D eigenvalue weighted by molar-refractivity contribution is 5.39. The molecule has 4 saturated carbocycles. The predicted molar refractivity (Wildman–Crippen MR) is 72.0 cm³/mol. The van der Waals surface area contributed by atoms with Gasteiger partial charge in [0, 0.05) is 6.54 Å². The van der Waals surface area contributed by atoms with Crippen molar-refractivity contribution in [3.63, 3.8) is 0 Å². The van der Waals surface area contributed by atoms with Gasteiger partial charge in [0.15, 0.2) is 0 Å². The van der Waals surface area contributed by atoms with Crippen LogP contribution < -0.4 is 5.73 Å². The minimum atomic E-state index is 0.554. The van der Waals surface area contributed by atoms with E-state index in [2.05, 4.69) is 16.7 Å². The molecule has 2 N–H and O–H groups in total. The Morgan fingerprint density at radius 1 is 1.22 bits per heavy atom. The van der Waals surface area contributed by atoms with Gasteiger partial charge in [-0.05, 0) is 68.6 Å². The normalized spacial score (nSPS) is 41.5. The van der Waals surface area contributed by atoms with Crippen LogP contribution in [0.5, 0.6) is 0 Å². The second-order valence-electron chi connectivity index (χ2n) is 7.26. The Kier molecular flexibility index (Phi) is 2.13. The van der Waals surface area contributed by atoms with E-state index < -0.39 is 0 Å². The molecule has 0 aliphatic heterocycles. The summed E-state index contributed by atoms with van der Waals surface area (Å²) in [6, 6.07) is 0. The first-order valence-corrected chi connectivity index (χ1v) is 7.41. The Bertz CT molecular complexity index is 439. The fourth-order valence-electron chi connectivity index (χ4n) is 5.42. The van der Waals surface area contributed by atoms with Crippen LogP contribution in [0.2, 0.25) is 0 Å². The first-order valence-electron chi connectivity index (χ1n) is 7.41. The molecule has 1 aromatic rings. The second kappa shape index (κ2) is 3.52. The van der Waals surface area contributed by atoms with Crippen LogP contribution in [0.1, 0.15) is 44.2 Å². The number of nitrogen functional groups attached to an aromatic ring is 1. The van der Waals surface area contributed by atoms with Gasteiger partial charge in [0.05, 0.1) is 17.6 Å². The largest absolute Gasteiger partial charge is 0.396 e. The van der Waals surface area contributed by atoms with Crippen LogP contribution in [0.4, 0.5) is 5.69 Å². The number of rotatable bonds is 2. The van der Waals surface area contributed by atoms with Crippen LogP contribution in [0.3, 0.4) is 0 Å². The van der Waals surface area contributed by atoms with E-state index in [1.54, 1.807) is 0 Å². The van der Waals surface area contributed by atoms with Gasteiger partial charge in [-0.2, -0.15) is 5.10 Å². The van der Waals surface area contributed by atoms with Crippen molar-refractivity contribution < 1.29 is 0 Å². The molecule has 3 heteroatoms. The Labute approximate surface area is 109 Å². The third-order valence-electron chi connectivity index (χ3n) is 5.79. The average Bonchev–Trinajstić information content (AvgIpc) is 2.58. The Balaban J connectivity index is 1.62. The highest BCUT2D eigenvalue weighted by atomic mass is 15.3. The average molecular weight is 245 g/mol. The molecule has 0 radical (unpaired) electrons. The van der Waals surface area contributed by atoms with Gasteiger partial charge < -0.3 is 5.73 Å². The molecule has 0 unspecified atom stereocenters. The molecule has 4 bridgehead atoms. The monoisotopic (exact) mass is 245 g/mol. The number of hydrogen-bond donors (Lipinski definition) is 1. The first kappa shape index (κ1) is 10.9. The van der Waals surface area contributed by atoms with Crippen LogP contribution >= 0.6 is 0 Å². The Morgan fingerprint density at radius 2 is 1.78 bits per heavy atom. The highest BCUT2D eigenvalue weighted by Crippen LogP contribution is 2.60. The van der Waals surface area contributed by atoms with Crippen molar-refractivity contribution in [2.45, 2.75) is 52.0 Å². The third kappa shape index (κ3) is 1.52. The number of aromatic nitrogens is 2. The summed E-state index contributed by atoms with van der Waals surface area (Å²) in [5.41, 5.74) is 8.48. The molecular formula is C15H23N3. The molecule has 1 aromatic heterocycles. The van der Waals surface area contributed by atoms with E-state index in [0.29, 0.717) is 5.41 Å². The van der Waals surface area contributed by atoms with Gasteiger partial charge in [-0.3, -0.25) is 4.68 Å². The summed E-state index contributed by atoms with van der Waals surface area (Å²) in [5.74, 6) is 3.05. The topological polar surface area (TPSA) is 43.8 Å². The molecule has 0 spiro atoms. The lowest BCUT2D eigenvalue weighted by Gasteiger charge is -2.56. The molecule has 1 heterocycles. The molecule has 0 aromatic carbocycles. The molecule has 4 aliphatic carbocycles. The van der Waals surface area contributed by atoms with Gasteiger partial charge in [-0.1, -0.05) is 0 Å². The quantitative estimate of drug-likeness (QED) is 0.870. The van der Waals surface area contributed by atoms with Gasteiger partial charge in [-0.15, -0.1) is 0 Å². The summed E-state index contributed by atoms with van der Waals surface area (Å²) >= 11 is 0. The van der Waals surface area contributed by atoms with Gasteiger partial charge in [0.25, 0.3) is 0 Å². The SMILES string of the molecule is Cc1c(N)cnn1CC12CC3CC(CC(C3)C1)C2. The molecule has 18 heavy (non-hydrogen) atoms. The minimum Gasteiger partial charge on any atom is -0.396 e. The van der Waals surface area contributed by atoms with Crippen LogP contribution in [-0.4, -0.2) is 9.78 Å². The molecule has 4 aliphatic rings. The first-order chi connectivity index (χ1) is 8.63. The van der Waals surface area contributed by atoms with Crippen LogP contribution in [0, 0.1) is 30.1 Å². The van der Waals surface area contributed by atoms with Crippen LogP contribution in [0.25, 0.3) is 0 Å². The smallest absolute Gasteiger partial charge is 0.0730 e. The van der Waals surface area contributed by atoms with E-state index in [4.69, 9.17) is 5.73 Å². The molecule has 98 valence electrons. The number of nitrogens with zero attached hydrogens (tertiary/aromatic N) is 2. The molecule has 4 fully saturated rings. The zero-order chi connectivity index (χ0) is 12.3. The zero-order valence-corrected chi connectivity index (χ0v) is 11.2. The number of hydrogen-bond acceptors (Lipinski definition) is 2. The van der Waals surface area contributed by atoms with E-state index in [9.17, 15) is 0 Å². The fraction of sp³-hybridized carbons (Fsp3) is 0.800. The predicted octanol–water partition coefficient (Wildman–Crippen LogP) is 2.99. The van der Waals surface area contributed by atoms with Crippen molar-refractivity contribution in [3.05, 3.63) is 11.9 Å². The molecule has 5 rings (SSSR count). The summed E-state index contributed by atoms with van der Waals surface area (Å²) < 4.78 is 2.17. The minimum absolute atomic E-state index is 0.554. The molecule has 0 saturated heterocycles. The lowest BCUT2D eigenvalue weighted by molar-refractivity contribution is -0.0638. The van der Waals surface area contributed by atoms with Crippen molar-refractivity contribution in [3.8, 4) is 0 Å². The van der Waals surface area contributed by atoms with E-state index in [-0.39, 0.29) is 0 Å². The standard InChI is InChI=1S/C15H23N3/c1-10-14(16)8-17-18(10)9-15-5-11-2-12(6-15)4-13(3-11)7-15/h8,11-13H,2-7,9,16H2,1H3. The summed E-state index contributed by atoms with van der Waals surface area (Å²) in [7, 11) is 0. The van der Waals surface area contributed by atoms with Gasteiger partial charge >= 0.3 is 0 Å². The van der Waals surface area contributed by atoms with E-state index >= 15 is 0 Å². The fourth-order valence-corrected chi connectivity index (χ4v) is 5.42. The van der Waals surface area contributed by atoms with Crippen molar-refractivity contribution in [1.29, 1.82) is 0 Å². The third-order valence-corrected chi connectivity index (χ3v) is 5.79. The van der Waals surface area contributed by atoms with E-state index in [1.165, 1.54) is 38.5 Å². The van der Waals surface area contributed by atoms with Gasteiger partial charge in [0.1, 0.15) is 0 Å². The zero-order valence-electron chi connectivity index (χ0n) is 11.2. The van der Waals surface area contributed by atoms with Crippen molar-refractivity contribution in [2.24, 2.45) is 23.2 Å². The van der Waals surface area contributed by atoms with Gasteiger partial charge in [0.2, 0.25) is 0 Å². The molecule has 3 nitrogen and oxygen atoms in total. The lowest BCUT2D eigenvalue weighted by atomic mass is 9.49. The molecule has 0 atom stereocenters. The Hall–Kier alpha value is -0.990. The van der Waals surface area contributed by atoms with Crippen LogP contribution in [0.15, 0.2) is 6.20 Å². The summed E-state index contributed by atoms with van der Waals surface area (Å²) in [5, 5.41) is 4.48. The van der Waals surface area contributed by atoms with Gasteiger partial charge in [-0.25, -0.2) is 0 Å². The summed E-state index contributed by atoms with van der Waals surface area (Å²) in [6.45, 7) is 3.21. The summed E-state index contributed by atoms with van der Waals surface area (Å²) in [4.78, 5) is 0. The lowest BCUT2D eigenvalue weighted by Crippen LogP contribution is -2.48. The van der Waals surface area contributed by atoms with Crippen LogP contribution in [-0.2, 0) is 6.54 Å². The summed E-state index contributed by atoms with van der Waals surface area (Å²) in [6.07, 6.45) is 10.7. The van der Waals surface area contributed by atoms with Crippen molar-refractivity contribution in [2.75, 3.05) is 5.73 Å². The maximum Gasteiger partial charge on any atom is 0.0730 e. The number of nitrogens with two attached hydrogens (primary N) is 1. The van der Waals surface area contributed by atoms with Crippen molar-refractivity contribution in [1.82, 2.24) is 9.78 Å². The molecule has 0 amide bonds. The van der Waals surface area contributed by atoms with E-state index in [1.807, 2.05) is 6.20 Å². The van der Waals surface area contributed by atoms with E-state index in [0.717, 1.165) is 35.7 Å². The highest BCUT2D eigenvalue weighted by Gasteiger charge is 2.51. The number of anilines is 1. The molecular weight excluding hydrogens is 222 g/mol. The maximum absolute atomic E-state index is 5.92. The maximum atomic E-state index is 5.92. The Morgan fingerprint density at radius 3 is 2.22 bits per heavy atom.